The number of amides is 1. The lowest BCUT2D eigenvalue weighted by Crippen LogP contribution is -2.48. The highest BCUT2D eigenvalue weighted by atomic mass is 16.5. The van der Waals surface area contributed by atoms with Crippen molar-refractivity contribution < 1.29 is 48.3 Å². The van der Waals surface area contributed by atoms with E-state index < -0.39 is 11.9 Å². The standard InChI is InChI=1S/C23H30N2O6.C2H2O4/c1-27-18-8-6-16(14-20(18)29-3)23(26)25-12-10-24(11-13-25)15-17-7-9-19(28-2)22(31-5)21(17)30-4;3-1(4)2(5)6/h6-9,14H,10-13,15H2,1-5H3;(H,3,4)(H,5,6). The molecule has 12 heteroatoms. The Bertz CT molecular complexity index is 1090. The Labute approximate surface area is 214 Å². The molecule has 1 fully saturated rings. The van der Waals surface area contributed by atoms with Gasteiger partial charge >= 0.3 is 11.9 Å². The van der Waals surface area contributed by atoms with E-state index in [0.717, 1.165) is 18.7 Å². The first-order valence-corrected chi connectivity index (χ1v) is 11.2. The first-order valence-electron chi connectivity index (χ1n) is 11.2. The smallest absolute Gasteiger partial charge is 0.414 e. The fourth-order valence-electron chi connectivity index (χ4n) is 3.79. The quantitative estimate of drug-likeness (QED) is 0.492. The summed E-state index contributed by atoms with van der Waals surface area (Å²) in [7, 11) is 7.97. The molecular formula is C25H32N2O10. The second kappa shape index (κ2) is 13.8. The Morgan fingerprint density at radius 3 is 1.73 bits per heavy atom. The van der Waals surface area contributed by atoms with Gasteiger partial charge in [-0.3, -0.25) is 9.69 Å². The second-order valence-corrected chi connectivity index (χ2v) is 7.74. The summed E-state index contributed by atoms with van der Waals surface area (Å²) in [6, 6.07) is 9.12. The second-order valence-electron chi connectivity index (χ2n) is 7.74. The van der Waals surface area contributed by atoms with Gasteiger partial charge in [0.05, 0.1) is 35.5 Å². The molecule has 0 bridgehead atoms. The number of benzene rings is 2. The highest BCUT2D eigenvalue weighted by Gasteiger charge is 2.25. The van der Waals surface area contributed by atoms with Gasteiger partial charge in [0.1, 0.15) is 0 Å². The molecule has 0 aromatic heterocycles. The van der Waals surface area contributed by atoms with E-state index >= 15 is 0 Å². The molecular weight excluding hydrogens is 488 g/mol. The van der Waals surface area contributed by atoms with Crippen molar-refractivity contribution in [2.24, 2.45) is 0 Å². The molecule has 1 saturated heterocycles. The van der Waals surface area contributed by atoms with Gasteiger partial charge in [-0.2, -0.15) is 0 Å². The van der Waals surface area contributed by atoms with E-state index in [2.05, 4.69) is 4.90 Å². The molecule has 3 rings (SSSR count). The van der Waals surface area contributed by atoms with Gasteiger partial charge in [-0.05, 0) is 24.3 Å². The largest absolute Gasteiger partial charge is 0.493 e. The number of methoxy groups -OCH3 is 5. The van der Waals surface area contributed by atoms with E-state index in [1.54, 1.807) is 53.7 Å². The molecule has 0 spiro atoms. The summed E-state index contributed by atoms with van der Waals surface area (Å²) in [6.45, 7) is 3.50. The van der Waals surface area contributed by atoms with E-state index in [1.165, 1.54) is 0 Å². The van der Waals surface area contributed by atoms with Crippen LogP contribution in [0.2, 0.25) is 0 Å². The van der Waals surface area contributed by atoms with Gasteiger partial charge in [-0.1, -0.05) is 6.07 Å². The van der Waals surface area contributed by atoms with Gasteiger partial charge in [-0.15, -0.1) is 0 Å². The number of carbonyl (C=O) groups is 3. The van der Waals surface area contributed by atoms with Crippen LogP contribution in [0, 0.1) is 0 Å². The molecule has 2 aromatic rings. The van der Waals surface area contributed by atoms with Crippen molar-refractivity contribution in [2.45, 2.75) is 6.54 Å². The maximum atomic E-state index is 12.9. The van der Waals surface area contributed by atoms with E-state index in [0.29, 0.717) is 53.9 Å². The van der Waals surface area contributed by atoms with Gasteiger partial charge in [0.25, 0.3) is 5.91 Å². The minimum atomic E-state index is -1.82. The molecule has 1 aliphatic rings. The number of piperazine rings is 1. The first kappa shape index (κ1) is 29.0. The summed E-state index contributed by atoms with van der Waals surface area (Å²) in [5, 5.41) is 14.8. The van der Waals surface area contributed by atoms with Crippen LogP contribution in [0.25, 0.3) is 0 Å². The van der Waals surface area contributed by atoms with Gasteiger partial charge in [-0.25, -0.2) is 9.59 Å². The summed E-state index contributed by atoms with van der Waals surface area (Å²) in [6.07, 6.45) is 0. The van der Waals surface area contributed by atoms with E-state index in [4.69, 9.17) is 43.5 Å². The van der Waals surface area contributed by atoms with Crippen LogP contribution in [0.1, 0.15) is 15.9 Å². The zero-order valence-electron chi connectivity index (χ0n) is 21.5. The minimum Gasteiger partial charge on any atom is -0.493 e. The number of carboxylic acids is 2. The summed E-state index contributed by atoms with van der Waals surface area (Å²) in [5.74, 6) is -0.613. The highest BCUT2D eigenvalue weighted by molar-refractivity contribution is 6.27. The van der Waals surface area contributed by atoms with Crippen molar-refractivity contribution in [2.75, 3.05) is 61.7 Å². The van der Waals surface area contributed by atoms with Gasteiger partial charge in [0, 0.05) is 43.9 Å². The van der Waals surface area contributed by atoms with E-state index in [1.807, 2.05) is 17.0 Å². The van der Waals surface area contributed by atoms with E-state index in [9.17, 15) is 4.79 Å². The summed E-state index contributed by atoms with van der Waals surface area (Å²) < 4.78 is 27.0. The number of aliphatic carboxylic acids is 2. The van der Waals surface area contributed by atoms with Gasteiger partial charge < -0.3 is 38.8 Å². The number of ether oxygens (including phenoxy) is 5. The van der Waals surface area contributed by atoms with Crippen LogP contribution in [-0.4, -0.2) is 99.6 Å². The molecule has 0 unspecified atom stereocenters. The van der Waals surface area contributed by atoms with Crippen molar-refractivity contribution in [3.63, 3.8) is 0 Å². The summed E-state index contributed by atoms with van der Waals surface area (Å²) in [4.78, 5) is 35.3. The third kappa shape index (κ3) is 7.40. The third-order valence-corrected chi connectivity index (χ3v) is 5.65. The Kier molecular flexibility index (Phi) is 10.8. The Balaban J connectivity index is 0.000000717. The zero-order chi connectivity index (χ0) is 27.5. The van der Waals surface area contributed by atoms with Gasteiger partial charge in [0.15, 0.2) is 23.0 Å². The first-order chi connectivity index (χ1) is 17.7. The van der Waals surface area contributed by atoms with Crippen molar-refractivity contribution in [1.82, 2.24) is 9.80 Å². The summed E-state index contributed by atoms with van der Waals surface area (Å²) in [5.41, 5.74) is 1.60. The number of rotatable bonds is 8. The maximum absolute atomic E-state index is 12.9. The van der Waals surface area contributed by atoms with Crippen LogP contribution < -0.4 is 23.7 Å². The lowest BCUT2D eigenvalue weighted by molar-refractivity contribution is -0.159. The average molecular weight is 521 g/mol. The normalized spacial score (nSPS) is 13.1. The summed E-state index contributed by atoms with van der Waals surface area (Å²) >= 11 is 0. The van der Waals surface area contributed by atoms with Crippen molar-refractivity contribution >= 4 is 17.8 Å². The third-order valence-electron chi connectivity index (χ3n) is 5.65. The predicted molar refractivity (Wildman–Crippen MR) is 132 cm³/mol. The Morgan fingerprint density at radius 2 is 1.24 bits per heavy atom. The molecule has 1 heterocycles. The van der Waals surface area contributed by atoms with Crippen molar-refractivity contribution in [3.05, 3.63) is 41.5 Å². The molecule has 1 aliphatic heterocycles. The molecule has 2 aromatic carbocycles. The molecule has 0 aliphatic carbocycles. The van der Waals surface area contributed by atoms with Crippen LogP contribution in [0.15, 0.2) is 30.3 Å². The maximum Gasteiger partial charge on any atom is 0.414 e. The molecule has 0 radical (unpaired) electrons. The molecule has 2 N–H and O–H groups in total. The molecule has 12 nitrogen and oxygen atoms in total. The molecule has 0 atom stereocenters. The highest BCUT2D eigenvalue weighted by Crippen LogP contribution is 2.40. The van der Waals surface area contributed by atoms with Crippen LogP contribution in [0.3, 0.4) is 0 Å². The predicted octanol–water partition coefficient (Wildman–Crippen LogP) is 1.84. The number of carboxylic acid groups (broad SMARTS) is 2. The number of carbonyl (C=O) groups excluding carboxylic acids is 1. The zero-order valence-corrected chi connectivity index (χ0v) is 21.5. The van der Waals surface area contributed by atoms with Crippen LogP contribution >= 0.6 is 0 Å². The average Bonchev–Trinajstić information content (AvgIpc) is 2.92. The fraction of sp³-hybridized carbons (Fsp3) is 0.400. The fourth-order valence-corrected chi connectivity index (χ4v) is 3.79. The Hall–Kier alpha value is -4.19. The van der Waals surface area contributed by atoms with Crippen molar-refractivity contribution in [1.29, 1.82) is 0 Å². The monoisotopic (exact) mass is 520 g/mol. The van der Waals surface area contributed by atoms with Crippen LogP contribution in [0.4, 0.5) is 0 Å². The number of hydrogen-bond acceptors (Lipinski definition) is 9. The lowest BCUT2D eigenvalue weighted by Gasteiger charge is -2.35. The molecule has 202 valence electrons. The lowest BCUT2D eigenvalue weighted by atomic mass is 10.1. The van der Waals surface area contributed by atoms with E-state index in [-0.39, 0.29) is 5.91 Å². The van der Waals surface area contributed by atoms with Crippen LogP contribution in [0.5, 0.6) is 28.7 Å². The SMILES string of the molecule is COc1ccc(C(=O)N2CCN(Cc3ccc(OC)c(OC)c3OC)CC2)cc1OC.O=C(O)C(=O)O. The van der Waals surface area contributed by atoms with Crippen LogP contribution in [-0.2, 0) is 16.1 Å². The minimum absolute atomic E-state index is 0.00991. The van der Waals surface area contributed by atoms with Gasteiger partial charge in [0.2, 0.25) is 5.75 Å². The Morgan fingerprint density at radius 1 is 0.703 bits per heavy atom. The topological polar surface area (TPSA) is 144 Å². The molecule has 1 amide bonds. The number of hydrogen-bond donors (Lipinski definition) is 2. The molecule has 0 saturated carbocycles. The molecule has 37 heavy (non-hydrogen) atoms. The number of nitrogens with zero attached hydrogens (tertiary/aromatic N) is 2. The van der Waals surface area contributed by atoms with Crippen molar-refractivity contribution in [3.8, 4) is 28.7 Å².